The first-order chi connectivity index (χ1) is 17.3. The molecular formula is C25H21F3N4O4. The number of alkyl halides is 3. The summed E-state index contributed by atoms with van der Waals surface area (Å²) in [7, 11) is 0. The molecule has 5 rings (SSSR count). The molecule has 0 N–H and O–H groups in total. The summed E-state index contributed by atoms with van der Waals surface area (Å²) in [6.45, 7) is 0.261. The van der Waals surface area contributed by atoms with Gasteiger partial charge in [-0.3, -0.25) is 9.36 Å². The number of esters is 1. The van der Waals surface area contributed by atoms with Crippen LogP contribution in [-0.4, -0.2) is 25.7 Å². The molecule has 36 heavy (non-hydrogen) atoms. The quantitative estimate of drug-likeness (QED) is 0.368. The van der Waals surface area contributed by atoms with Gasteiger partial charge in [-0.15, -0.1) is 0 Å². The molecular weight excluding hydrogens is 477 g/mol. The number of benzene rings is 2. The monoisotopic (exact) mass is 498 g/mol. The lowest BCUT2D eigenvalue weighted by Crippen LogP contribution is -2.26. The first kappa shape index (κ1) is 23.7. The van der Waals surface area contributed by atoms with Gasteiger partial charge in [0.25, 0.3) is 11.4 Å². The molecule has 0 aliphatic carbocycles. The van der Waals surface area contributed by atoms with E-state index in [-0.39, 0.29) is 35.0 Å². The van der Waals surface area contributed by atoms with Gasteiger partial charge in [0, 0.05) is 18.5 Å². The van der Waals surface area contributed by atoms with Gasteiger partial charge < -0.3 is 9.26 Å². The van der Waals surface area contributed by atoms with E-state index in [0.29, 0.717) is 29.7 Å². The molecule has 8 nitrogen and oxygen atoms in total. The van der Waals surface area contributed by atoms with Gasteiger partial charge in [-0.1, -0.05) is 30.1 Å². The lowest BCUT2D eigenvalue weighted by Gasteiger charge is -2.16. The summed E-state index contributed by atoms with van der Waals surface area (Å²) in [5, 5.41) is 4.10. The standard InChI is InChI=1S/C25H21F3N4O4/c26-25(27,28)17-7-5-6-15(12-17)22-30-21(36-31-22)14-35-24(34)16-9-10-18-19(13-16)29-20-8-3-1-2-4-11-32(20)23(18)33/h5-7,9-10,12-13H,1-4,8,11,14H2. The van der Waals surface area contributed by atoms with Gasteiger partial charge in [0.15, 0.2) is 6.61 Å². The van der Waals surface area contributed by atoms with E-state index in [0.717, 1.165) is 37.8 Å². The third-order valence-electron chi connectivity index (χ3n) is 6.05. The van der Waals surface area contributed by atoms with Gasteiger partial charge in [0.2, 0.25) is 5.82 Å². The Labute approximate surface area is 202 Å². The molecule has 0 amide bonds. The van der Waals surface area contributed by atoms with Crippen molar-refractivity contribution in [3.8, 4) is 11.4 Å². The van der Waals surface area contributed by atoms with Gasteiger partial charge in [-0.2, -0.15) is 18.2 Å². The van der Waals surface area contributed by atoms with E-state index >= 15 is 0 Å². The summed E-state index contributed by atoms with van der Waals surface area (Å²) in [6.07, 6.45) is 0.241. The number of carbonyl (C=O) groups is 1. The summed E-state index contributed by atoms with van der Waals surface area (Å²) in [5.41, 5.74) is -0.221. The van der Waals surface area contributed by atoms with E-state index in [4.69, 9.17) is 9.26 Å². The molecule has 0 spiro atoms. The average molecular weight is 498 g/mol. The van der Waals surface area contributed by atoms with Crippen LogP contribution in [0, 0.1) is 0 Å². The predicted molar refractivity (Wildman–Crippen MR) is 122 cm³/mol. The van der Waals surface area contributed by atoms with Crippen molar-refractivity contribution in [2.45, 2.75) is 51.4 Å². The molecule has 2 aromatic carbocycles. The highest BCUT2D eigenvalue weighted by molar-refractivity contribution is 5.94. The lowest BCUT2D eigenvalue weighted by molar-refractivity contribution is -0.137. The van der Waals surface area contributed by atoms with E-state index in [2.05, 4.69) is 15.1 Å². The van der Waals surface area contributed by atoms with Crippen molar-refractivity contribution in [2.24, 2.45) is 0 Å². The molecule has 4 aromatic rings. The number of halogens is 3. The maximum Gasteiger partial charge on any atom is 0.416 e. The summed E-state index contributed by atoms with van der Waals surface area (Å²) in [5.74, 6) is -0.108. The minimum atomic E-state index is -4.50. The molecule has 1 aliphatic rings. The Balaban J connectivity index is 1.32. The number of nitrogens with zero attached hydrogens (tertiary/aromatic N) is 4. The topological polar surface area (TPSA) is 100 Å². The molecule has 0 fully saturated rings. The minimum absolute atomic E-state index is 0.0565. The van der Waals surface area contributed by atoms with Crippen molar-refractivity contribution in [3.05, 3.63) is 75.7 Å². The highest BCUT2D eigenvalue weighted by atomic mass is 19.4. The molecule has 0 saturated heterocycles. The summed E-state index contributed by atoms with van der Waals surface area (Å²) in [6, 6.07) is 9.08. The van der Waals surface area contributed by atoms with Crippen LogP contribution in [0.5, 0.6) is 0 Å². The molecule has 0 bridgehead atoms. The average Bonchev–Trinajstić information content (AvgIpc) is 3.32. The number of rotatable bonds is 4. The second-order valence-corrected chi connectivity index (χ2v) is 8.55. The van der Waals surface area contributed by atoms with Crippen molar-refractivity contribution in [1.29, 1.82) is 0 Å². The Hall–Kier alpha value is -4.02. The molecule has 0 radical (unpaired) electrons. The Morgan fingerprint density at radius 2 is 1.89 bits per heavy atom. The molecule has 2 aromatic heterocycles. The summed E-state index contributed by atoms with van der Waals surface area (Å²) < 4.78 is 50.8. The predicted octanol–water partition coefficient (Wildman–Crippen LogP) is 4.94. The number of carbonyl (C=O) groups excluding carboxylic acids is 1. The van der Waals surface area contributed by atoms with Crippen molar-refractivity contribution < 1.29 is 27.2 Å². The maximum absolute atomic E-state index is 13.0. The number of ether oxygens (including phenoxy) is 1. The van der Waals surface area contributed by atoms with Gasteiger partial charge in [-0.25, -0.2) is 9.78 Å². The van der Waals surface area contributed by atoms with Crippen LogP contribution in [0.25, 0.3) is 22.3 Å². The highest BCUT2D eigenvalue weighted by Gasteiger charge is 2.30. The normalized spacial score (nSPS) is 14.2. The number of aromatic nitrogens is 4. The number of fused-ring (bicyclic) bond motifs is 2. The Morgan fingerprint density at radius 3 is 2.72 bits per heavy atom. The van der Waals surface area contributed by atoms with Crippen LogP contribution in [0.4, 0.5) is 13.2 Å². The summed E-state index contributed by atoms with van der Waals surface area (Å²) >= 11 is 0. The fraction of sp³-hybridized carbons (Fsp3) is 0.320. The van der Waals surface area contributed by atoms with Gasteiger partial charge in [-0.05, 0) is 43.2 Å². The SMILES string of the molecule is O=C(OCc1nc(-c2cccc(C(F)(F)F)c2)no1)c1ccc2c(=O)n3c(nc2c1)CCCCCC3. The van der Waals surface area contributed by atoms with E-state index in [1.807, 2.05) is 0 Å². The van der Waals surface area contributed by atoms with E-state index in [1.165, 1.54) is 24.3 Å². The third-order valence-corrected chi connectivity index (χ3v) is 6.05. The molecule has 0 unspecified atom stereocenters. The smallest absolute Gasteiger partial charge is 0.416 e. The molecule has 0 saturated carbocycles. The first-order valence-corrected chi connectivity index (χ1v) is 11.5. The third kappa shape index (κ3) is 4.86. The van der Waals surface area contributed by atoms with Crippen LogP contribution >= 0.6 is 0 Å². The fourth-order valence-corrected chi connectivity index (χ4v) is 4.20. The van der Waals surface area contributed by atoms with E-state index < -0.39 is 17.7 Å². The van der Waals surface area contributed by atoms with E-state index in [9.17, 15) is 22.8 Å². The molecule has 11 heteroatoms. The Morgan fingerprint density at radius 1 is 1.06 bits per heavy atom. The number of aryl methyl sites for hydroxylation is 1. The Bertz CT molecular complexity index is 1490. The zero-order valence-corrected chi connectivity index (χ0v) is 19.0. The first-order valence-electron chi connectivity index (χ1n) is 11.5. The maximum atomic E-state index is 13.0. The zero-order valence-electron chi connectivity index (χ0n) is 19.0. The van der Waals surface area contributed by atoms with Crippen LogP contribution in [0.2, 0.25) is 0 Å². The van der Waals surface area contributed by atoms with Crippen LogP contribution in [0.3, 0.4) is 0 Å². The van der Waals surface area contributed by atoms with Crippen molar-refractivity contribution in [1.82, 2.24) is 19.7 Å². The van der Waals surface area contributed by atoms with Gasteiger partial charge >= 0.3 is 12.1 Å². The lowest BCUT2D eigenvalue weighted by atomic mass is 10.1. The van der Waals surface area contributed by atoms with E-state index in [1.54, 1.807) is 10.6 Å². The fourth-order valence-electron chi connectivity index (χ4n) is 4.20. The van der Waals surface area contributed by atoms with Crippen molar-refractivity contribution in [3.63, 3.8) is 0 Å². The van der Waals surface area contributed by atoms with Gasteiger partial charge in [0.1, 0.15) is 5.82 Å². The highest BCUT2D eigenvalue weighted by Crippen LogP contribution is 2.31. The van der Waals surface area contributed by atoms with Crippen LogP contribution in [0.1, 0.15) is 53.3 Å². The summed E-state index contributed by atoms with van der Waals surface area (Å²) in [4.78, 5) is 34.2. The molecule has 186 valence electrons. The zero-order chi connectivity index (χ0) is 25.3. The van der Waals surface area contributed by atoms with Crippen LogP contribution in [0.15, 0.2) is 51.8 Å². The largest absolute Gasteiger partial charge is 0.452 e. The Kier molecular flexibility index (Phi) is 6.29. The van der Waals surface area contributed by atoms with Crippen LogP contribution in [-0.2, 0) is 30.5 Å². The molecule has 0 atom stereocenters. The number of hydrogen-bond donors (Lipinski definition) is 0. The van der Waals surface area contributed by atoms with Crippen molar-refractivity contribution in [2.75, 3.05) is 0 Å². The second-order valence-electron chi connectivity index (χ2n) is 8.55. The molecule has 1 aliphatic heterocycles. The van der Waals surface area contributed by atoms with Gasteiger partial charge in [0.05, 0.1) is 22.0 Å². The minimum Gasteiger partial charge on any atom is -0.452 e. The van der Waals surface area contributed by atoms with Crippen molar-refractivity contribution >= 4 is 16.9 Å². The molecule has 3 heterocycles. The second kappa shape index (κ2) is 9.56. The number of hydrogen-bond acceptors (Lipinski definition) is 7. The van der Waals surface area contributed by atoms with Crippen LogP contribution < -0.4 is 5.56 Å².